The number of hydrogen-bond acceptors (Lipinski definition) is 3. The van der Waals surface area contributed by atoms with Crippen molar-refractivity contribution in [3.8, 4) is 0 Å². The molecule has 1 N–H and O–H groups in total. The molecule has 8 heteroatoms. The van der Waals surface area contributed by atoms with E-state index in [0.29, 0.717) is 0 Å². The lowest BCUT2D eigenvalue weighted by atomic mass is 10.1. The molecule has 2 rings (SSSR count). The van der Waals surface area contributed by atoms with Crippen molar-refractivity contribution in [1.29, 1.82) is 0 Å². The zero-order chi connectivity index (χ0) is 18.6. The Morgan fingerprint density at radius 3 is 2.52 bits per heavy atom. The smallest absolute Gasteiger partial charge is 0.311 e. The number of anilines is 1. The Hall–Kier alpha value is -2.18. The van der Waals surface area contributed by atoms with E-state index >= 15 is 0 Å². The molecule has 0 unspecified atom stereocenters. The average molecular weight is 388 g/mol. The summed E-state index contributed by atoms with van der Waals surface area (Å²) in [5, 5.41) is 2.51. The Morgan fingerprint density at radius 1 is 1.16 bits per heavy atom. The molecule has 25 heavy (non-hydrogen) atoms. The third-order valence-electron chi connectivity index (χ3n) is 3.25. The lowest BCUT2D eigenvalue weighted by Gasteiger charge is -2.14. The molecule has 0 bridgehead atoms. The number of ether oxygens (including phenoxy) is 1. The molecule has 0 radical (unpaired) electrons. The van der Waals surface area contributed by atoms with E-state index in [1.54, 1.807) is 0 Å². The first kappa shape index (κ1) is 19.1. The van der Waals surface area contributed by atoms with Crippen LogP contribution in [0.1, 0.15) is 12.5 Å². The van der Waals surface area contributed by atoms with Crippen molar-refractivity contribution in [2.75, 3.05) is 5.32 Å². The van der Waals surface area contributed by atoms with Crippen molar-refractivity contribution in [3.05, 3.63) is 63.6 Å². The second-order valence-electron chi connectivity index (χ2n) is 5.12. The van der Waals surface area contributed by atoms with Gasteiger partial charge in [0.15, 0.2) is 6.10 Å². The topological polar surface area (TPSA) is 55.4 Å². The summed E-state index contributed by atoms with van der Waals surface area (Å²) < 4.78 is 31.6. The number of rotatable bonds is 5. The molecule has 132 valence electrons. The summed E-state index contributed by atoms with van der Waals surface area (Å²) in [7, 11) is 0. The number of halogens is 4. The summed E-state index contributed by atoms with van der Waals surface area (Å²) >= 11 is 11.6. The van der Waals surface area contributed by atoms with E-state index in [0.717, 1.165) is 12.1 Å². The summed E-state index contributed by atoms with van der Waals surface area (Å²) in [5.41, 5.74) is 0.163. The van der Waals surface area contributed by atoms with E-state index in [9.17, 15) is 18.4 Å². The summed E-state index contributed by atoms with van der Waals surface area (Å²) in [6, 6.07) is 7.46. The van der Waals surface area contributed by atoms with Crippen LogP contribution in [0.5, 0.6) is 0 Å². The van der Waals surface area contributed by atoms with Crippen LogP contribution >= 0.6 is 23.2 Å². The Morgan fingerprint density at radius 2 is 1.88 bits per heavy atom. The maximum Gasteiger partial charge on any atom is 0.311 e. The monoisotopic (exact) mass is 387 g/mol. The molecule has 0 aromatic heterocycles. The highest BCUT2D eigenvalue weighted by Crippen LogP contribution is 2.23. The van der Waals surface area contributed by atoms with Gasteiger partial charge in [0.25, 0.3) is 5.91 Å². The van der Waals surface area contributed by atoms with Gasteiger partial charge < -0.3 is 10.1 Å². The van der Waals surface area contributed by atoms with Gasteiger partial charge in [-0.25, -0.2) is 8.78 Å². The average Bonchev–Trinajstić information content (AvgIpc) is 2.53. The third-order valence-corrected chi connectivity index (χ3v) is 3.92. The zero-order valence-corrected chi connectivity index (χ0v) is 14.5. The summed E-state index contributed by atoms with van der Waals surface area (Å²) in [5.74, 6) is -2.68. The maximum atomic E-state index is 13.7. The molecule has 0 saturated heterocycles. The number of carbonyl (C=O) groups excluding carboxylic acids is 2. The number of nitrogens with one attached hydrogen (secondary N) is 1. The second kappa shape index (κ2) is 8.27. The third kappa shape index (κ3) is 5.14. The van der Waals surface area contributed by atoms with Gasteiger partial charge >= 0.3 is 5.97 Å². The van der Waals surface area contributed by atoms with Gasteiger partial charge in [-0.2, -0.15) is 0 Å². The van der Waals surface area contributed by atoms with Gasteiger partial charge in [0.2, 0.25) is 0 Å². The quantitative estimate of drug-likeness (QED) is 0.774. The van der Waals surface area contributed by atoms with Crippen LogP contribution in [-0.2, 0) is 20.7 Å². The predicted octanol–water partition coefficient (Wildman–Crippen LogP) is 4.38. The number of carbonyl (C=O) groups is 2. The van der Waals surface area contributed by atoms with Crippen molar-refractivity contribution >= 4 is 40.8 Å². The van der Waals surface area contributed by atoms with Gasteiger partial charge in [-0.1, -0.05) is 29.3 Å². The number of amides is 1. The first-order valence-electron chi connectivity index (χ1n) is 7.16. The zero-order valence-electron chi connectivity index (χ0n) is 13.0. The van der Waals surface area contributed by atoms with Gasteiger partial charge in [0, 0.05) is 10.6 Å². The van der Waals surface area contributed by atoms with Crippen LogP contribution in [0.4, 0.5) is 14.5 Å². The summed E-state index contributed by atoms with van der Waals surface area (Å²) in [6.07, 6.45) is -1.58. The van der Waals surface area contributed by atoms with Gasteiger partial charge in [-0.3, -0.25) is 9.59 Å². The molecule has 0 aliphatic heterocycles. The van der Waals surface area contributed by atoms with Crippen LogP contribution in [0, 0.1) is 11.6 Å². The lowest BCUT2D eigenvalue weighted by molar-refractivity contribution is -0.152. The van der Waals surface area contributed by atoms with Crippen LogP contribution in [-0.4, -0.2) is 18.0 Å². The van der Waals surface area contributed by atoms with Gasteiger partial charge in [-0.05, 0) is 37.3 Å². The highest BCUT2D eigenvalue weighted by Gasteiger charge is 2.21. The maximum absolute atomic E-state index is 13.7. The van der Waals surface area contributed by atoms with E-state index in [1.165, 1.54) is 31.2 Å². The van der Waals surface area contributed by atoms with E-state index in [4.69, 9.17) is 27.9 Å². The Balaban J connectivity index is 1.97. The van der Waals surface area contributed by atoms with Gasteiger partial charge in [0.05, 0.1) is 17.1 Å². The van der Waals surface area contributed by atoms with Gasteiger partial charge in [0.1, 0.15) is 11.6 Å². The molecule has 2 aromatic carbocycles. The Kier molecular flexibility index (Phi) is 6.33. The van der Waals surface area contributed by atoms with Crippen LogP contribution in [0.15, 0.2) is 36.4 Å². The van der Waals surface area contributed by atoms with Crippen molar-refractivity contribution in [1.82, 2.24) is 0 Å². The minimum Gasteiger partial charge on any atom is -0.452 e. The Bertz CT molecular complexity index is 794. The highest BCUT2D eigenvalue weighted by atomic mass is 35.5. The van der Waals surface area contributed by atoms with Crippen LogP contribution in [0.3, 0.4) is 0 Å². The fourth-order valence-corrected chi connectivity index (χ4v) is 2.41. The first-order chi connectivity index (χ1) is 11.8. The number of esters is 1. The Labute approximate surface area is 152 Å². The van der Waals surface area contributed by atoms with Crippen molar-refractivity contribution < 1.29 is 23.1 Å². The van der Waals surface area contributed by atoms with Crippen molar-refractivity contribution in [2.45, 2.75) is 19.4 Å². The molecule has 1 amide bonds. The SMILES string of the molecule is C[C@H](OC(=O)Cc1c(F)cccc1Cl)C(=O)Nc1ccc(F)cc1Cl. The number of benzene rings is 2. The molecule has 0 saturated carbocycles. The first-order valence-corrected chi connectivity index (χ1v) is 7.92. The second-order valence-corrected chi connectivity index (χ2v) is 5.94. The van der Waals surface area contributed by atoms with E-state index < -0.39 is 36.0 Å². The molecule has 0 fully saturated rings. The van der Waals surface area contributed by atoms with Crippen LogP contribution in [0.25, 0.3) is 0 Å². The largest absolute Gasteiger partial charge is 0.452 e. The minimum atomic E-state index is -1.17. The molecule has 2 aromatic rings. The summed E-state index contributed by atoms with van der Waals surface area (Å²) in [4.78, 5) is 23.9. The molecule has 0 aliphatic rings. The number of hydrogen-bond donors (Lipinski definition) is 1. The molecule has 0 aliphatic carbocycles. The van der Waals surface area contributed by atoms with E-state index in [1.807, 2.05) is 0 Å². The summed E-state index contributed by atoms with van der Waals surface area (Å²) in [6.45, 7) is 1.34. The fraction of sp³-hybridized carbons (Fsp3) is 0.176. The predicted molar refractivity (Wildman–Crippen MR) is 90.7 cm³/mol. The molecular weight excluding hydrogens is 375 g/mol. The molecular formula is C17H13Cl2F2NO3. The van der Waals surface area contributed by atoms with Crippen LogP contribution in [0.2, 0.25) is 10.0 Å². The molecule has 0 spiro atoms. The lowest BCUT2D eigenvalue weighted by Crippen LogP contribution is -2.30. The van der Waals surface area contributed by atoms with Crippen molar-refractivity contribution in [2.24, 2.45) is 0 Å². The van der Waals surface area contributed by atoms with Crippen molar-refractivity contribution in [3.63, 3.8) is 0 Å². The molecule has 1 atom stereocenters. The van der Waals surface area contributed by atoms with Gasteiger partial charge in [-0.15, -0.1) is 0 Å². The highest BCUT2D eigenvalue weighted by molar-refractivity contribution is 6.33. The molecule has 0 heterocycles. The van der Waals surface area contributed by atoms with E-state index in [2.05, 4.69) is 5.32 Å². The minimum absolute atomic E-state index is 0.00464. The van der Waals surface area contributed by atoms with E-state index in [-0.39, 0.29) is 21.3 Å². The fourth-order valence-electron chi connectivity index (χ4n) is 1.96. The normalized spacial score (nSPS) is 11.7. The molecule has 4 nitrogen and oxygen atoms in total. The van der Waals surface area contributed by atoms with Crippen LogP contribution < -0.4 is 5.32 Å². The standard InChI is InChI=1S/C17H13Cl2F2NO3/c1-9(17(24)22-15-6-5-10(20)7-13(15)19)25-16(23)8-11-12(18)3-2-4-14(11)21/h2-7,9H,8H2,1H3,(H,22,24)/t9-/m0/s1.